The molecule has 0 bridgehead atoms. The van der Waals surface area contributed by atoms with E-state index in [-0.39, 0.29) is 17.9 Å². The van der Waals surface area contributed by atoms with Gasteiger partial charge in [-0.3, -0.25) is 4.79 Å². The van der Waals surface area contributed by atoms with E-state index in [1.807, 2.05) is 62.4 Å². The number of hydrogen-bond donors (Lipinski definition) is 0. The number of amides is 1. The van der Waals surface area contributed by atoms with Crippen LogP contribution in [0.1, 0.15) is 32.1 Å². The number of ether oxygens (including phenoxy) is 2. The van der Waals surface area contributed by atoms with Crippen LogP contribution in [0.3, 0.4) is 0 Å². The summed E-state index contributed by atoms with van der Waals surface area (Å²) in [5.41, 5.74) is 1.59. The summed E-state index contributed by atoms with van der Waals surface area (Å²) in [4.78, 5) is 18.8. The molecule has 7 heteroatoms. The molecule has 3 aromatic rings. The number of rotatable bonds is 6. The molecule has 0 saturated carbocycles. The number of carbonyl (C=O) groups is 1. The number of hydrogen-bond acceptors (Lipinski definition) is 6. The van der Waals surface area contributed by atoms with Crippen LogP contribution in [0.2, 0.25) is 0 Å². The van der Waals surface area contributed by atoms with Crippen LogP contribution in [0.15, 0.2) is 53.1 Å². The Bertz CT molecular complexity index is 997. The summed E-state index contributed by atoms with van der Waals surface area (Å²) in [6, 6.07) is 15.0. The van der Waals surface area contributed by atoms with Crippen molar-refractivity contribution in [3.63, 3.8) is 0 Å². The zero-order valence-electron chi connectivity index (χ0n) is 16.7. The van der Waals surface area contributed by atoms with Crippen molar-refractivity contribution >= 4 is 11.6 Å². The lowest BCUT2D eigenvalue weighted by atomic mass is 10.1. The topological polar surface area (TPSA) is 77.7 Å². The molecular formula is C22H23N3O4. The molecule has 1 aliphatic rings. The Hall–Kier alpha value is -3.35. The predicted molar refractivity (Wildman–Crippen MR) is 108 cm³/mol. The number of methoxy groups -OCH3 is 1. The molecule has 4 rings (SSSR count). The van der Waals surface area contributed by atoms with E-state index in [9.17, 15) is 4.79 Å². The minimum absolute atomic E-state index is 0.00874. The molecule has 0 N–H and O–H groups in total. The average molecular weight is 393 g/mol. The van der Waals surface area contributed by atoms with Crippen molar-refractivity contribution in [1.29, 1.82) is 0 Å². The summed E-state index contributed by atoms with van der Waals surface area (Å²) < 4.78 is 16.5. The third-order valence-electron chi connectivity index (χ3n) is 4.78. The lowest BCUT2D eigenvalue weighted by Crippen LogP contribution is -2.24. The van der Waals surface area contributed by atoms with Crippen molar-refractivity contribution in [2.24, 2.45) is 0 Å². The molecule has 1 fully saturated rings. The van der Waals surface area contributed by atoms with Crippen LogP contribution in [0.5, 0.6) is 11.5 Å². The molecule has 0 spiro atoms. The highest BCUT2D eigenvalue weighted by Gasteiger charge is 2.36. The molecule has 1 aromatic heterocycles. The summed E-state index contributed by atoms with van der Waals surface area (Å²) in [5, 5.41) is 4.10. The number of nitrogens with zero attached hydrogens (tertiary/aromatic N) is 3. The lowest BCUT2D eigenvalue weighted by Gasteiger charge is -2.18. The first-order valence-electron chi connectivity index (χ1n) is 9.59. The molecule has 0 aliphatic carbocycles. The van der Waals surface area contributed by atoms with Crippen molar-refractivity contribution in [3.8, 4) is 22.9 Å². The van der Waals surface area contributed by atoms with E-state index >= 15 is 0 Å². The van der Waals surface area contributed by atoms with Gasteiger partial charge in [-0.05, 0) is 50.2 Å². The Balaban J connectivity index is 1.51. The van der Waals surface area contributed by atoms with Crippen LogP contribution < -0.4 is 14.4 Å². The normalized spacial score (nSPS) is 16.5. The molecule has 1 saturated heterocycles. The Labute approximate surface area is 169 Å². The summed E-state index contributed by atoms with van der Waals surface area (Å²) >= 11 is 0. The molecule has 2 heterocycles. The van der Waals surface area contributed by atoms with Gasteiger partial charge in [0.25, 0.3) is 0 Å². The van der Waals surface area contributed by atoms with Gasteiger partial charge < -0.3 is 18.9 Å². The number of carbonyl (C=O) groups excluding carboxylic acids is 1. The van der Waals surface area contributed by atoms with Crippen LogP contribution in [0.25, 0.3) is 11.4 Å². The fourth-order valence-electron chi connectivity index (χ4n) is 3.43. The maximum Gasteiger partial charge on any atom is 0.232 e. The van der Waals surface area contributed by atoms with Crippen molar-refractivity contribution in [3.05, 3.63) is 54.4 Å². The molecule has 150 valence electrons. The van der Waals surface area contributed by atoms with Crippen molar-refractivity contribution < 1.29 is 18.8 Å². The van der Waals surface area contributed by atoms with Gasteiger partial charge in [-0.2, -0.15) is 4.98 Å². The number of benzene rings is 2. The maximum atomic E-state index is 12.6. The second-order valence-corrected chi connectivity index (χ2v) is 7.22. The second-order valence-electron chi connectivity index (χ2n) is 7.22. The van der Waals surface area contributed by atoms with E-state index in [0.717, 1.165) is 17.0 Å². The average Bonchev–Trinajstić information content (AvgIpc) is 3.35. The van der Waals surface area contributed by atoms with Gasteiger partial charge in [-0.1, -0.05) is 17.3 Å². The van der Waals surface area contributed by atoms with Gasteiger partial charge >= 0.3 is 0 Å². The molecule has 1 atom stereocenters. The molecule has 1 amide bonds. The van der Waals surface area contributed by atoms with Crippen LogP contribution in [0.4, 0.5) is 5.69 Å². The molecule has 29 heavy (non-hydrogen) atoms. The predicted octanol–water partition coefficient (Wildman–Crippen LogP) is 4.05. The van der Waals surface area contributed by atoms with Crippen LogP contribution in [0, 0.1) is 0 Å². The zero-order chi connectivity index (χ0) is 20.4. The van der Waals surface area contributed by atoms with Crippen molar-refractivity contribution in [2.75, 3.05) is 18.6 Å². The monoisotopic (exact) mass is 393 g/mol. The first-order valence-corrected chi connectivity index (χ1v) is 9.59. The van der Waals surface area contributed by atoms with E-state index in [1.165, 1.54) is 0 Å². The minimum Gasteiger partial charge on any atom is -0.495 e. The van der Waals surface area contributed by atoms with Crippen LogP contribution >= 0.6 is 0 Å². The first-order chi connectivity index (χ1) is 14.0. The molecular weight excluding hydrogens is 370 g/mol. The Morgan fingerprint density at radius 2 is 1.90 bits per heavy atom. The lowest BCUT2D eigenvalue weighted by molar-refractivity contribution is -0.117. The third kappa shape index (κ3) is 3.94. The van der Waals surface area contributed by atoms with Crippen molar-refractivity contribution in [1.82, 2.24) is 10.1 Å². The zero-order valence-corrected chi connectivity index (χ0v) is 16.7. The van der Waals surface area contributed by atoms with E-state index in [4.69, 9.17) is 14.0 Å². The van der Waals surface area contributed by atoms with Gasteiger partial charge in [0, 0.05) is 18.5 Å². The van der Waals surface area contributed by atoms with Crippen LogP contribution in [-0.4, -0.2) is 35.8 Å². The largest absolute Gasteiger partial charge is 0.495 e. The summed E-state index contributed by atoms with van der Waals surface area (Å²) in [7, 11) is 1.60. The summed E-state index contributed by atoms with van der Waals surface area (Å²) in [5.74, 6) is 2.27. The summed E-state index contributed by atoms with van der Waals surface area (Å²) in [6.45, 7) is 4.44. The van der Waals surface area contributed by atoms with Crippen LogP contribution in [-0.2, 0) is 4.79 Å². The first kappa shape index (κ1) is 19.0. The molecule has 7 nitrogen and oxygen atoms in total. The van der Waals surface area contributed by atoms with Gasteiger partial charge in [0.05, 0.1) is 24.8 Å². The van der Waals surface area contributed by atoms with Crippen molar-refractivity contribution in [2.45, 2.75) is 32.3 Å². The number of anilines is 1. The van der Waals surface area contributed by atoms with E-state index in [1.54, 1.807) is 12.0 Å². The smallest absolute Gasteiger partial charge is 0.232 e. The Morgan fingerprint density at radius 1 is 1.14 bits per heavy atom. The Kier molecular flexibility index (Phi) is 5.20. The molecule has 2 aromatic carbocycles. The standard InChI is InChI=1S/C22H23N3O4/c1-14(2)28-17-10-8-15(9-11-17)21-23-22(29-24-21)16-12-20(26)25(13-16)18-6-4-5-7-19(18)27-3/h4-11,14,16H,12-13H2,1-3H3. The van der Waals surface area contributed by atoms with E-state index < -0.39 is 0 Å². The fourth-order valence-corrected chi connectivity index (χ4v) is 3.43. The maximum absolute atomic E-state index is 12.6. The highest BCUT2D eigenvalue weighted by molar-refractivity contribution is 5.97. The quantitative estimate of drug-likeness (QED) is 0.629. The summed E-state index contributed by atoms with van der Waals surface area (Å²) in [6.07, 6.45) is 0.435. The fraction of sp³-hybridized carbons (Fsp3) is 0.318. The minimum atomic E-state index is -0.155. The van der Waals surface area contributed by atoms with Gasteiger partial charge in [-0.25, -0.2) is 0 Å². The molecule has 1 aliphatic heterocycles. The number of aromatic nitrogens is 2. The number of para-hydroxylation sites is 2. The SMILES string of the molecule is COc1ccccc1N1CC(c2nc(-c3ccc(OC(C)C)cc3)no2)CC1=O. The van der Waals surface area contributed by atoms with E-state index in [0.29, 0.717) is 30.4 Å². The Morgan fingerprint density at radius 3 is 2.62 bits per heavy atom. The second kappa shape index (κ2) is 7.95. The van der Waals surface area contributed by atoms with E-state index in [2.05, 4.69) is 10.1 Å². The molecule has 0 radical (unpaired) electrons. The van der Waals surface area contributed by atoms with Gasteiger partial charge in [0.15, 0.2) is 0 Å². The van der Waals surface area contributed by atoms with Gasteiger partial charge in [0.2, 0.25) is 17.6 Å². The highest BCUT2D eigenvalue weighted by Crippen LogP contribution is 2.36. The highest BCUT2D eigenvalue weighted by atomic mass is 16.5. The third-order valence-corrected chi connectivity index (χ3v) is 4.78. The molecule has 1 unspecified atom stereocenters. The van der Waals surface area contributed by atoms with Gasteiger partial charge in [0.1, 0.15) is 11.5 Å². The van der Waals surface area contributed by atoms with Gasteiger partial charge in [-0.15, -0.1) is 0 Å².